The van der Waals surface area contributed by atoms with E-state index in [-0.39, 0.29) is 11.9 Å². The number of hydrogen-bond donors (Lipinski definition) is 2. The molecule has 1 amide bonds. The number of rotatable bonds is 5. The van der Waals surface area contributed by atoms with Gasteiger partial charge in [0.1, 0.15) is 11.4 Å². The molecule has 0 saturated heterocycles. The standard InChI is InChI=1S/C15H16N2O3/c1-10(11-3-6-13(20-2)7-4-11)16-15(19)14-8-5-12(9-18)17-14/h3-10,17H,1-2H3,(H,16,19). The second kappa shape index (κ2) is 6.06. The van der Waals surface area contributed by atoms with Crippen LogP contribution >= 0.6 is 0 Å². The van der Waals surface area contributed by atoms with Crippen LogP contribution in [0, 0.1) is 0 Å². The summed E-state index contributed by atoms with van der Waals surface area (Å²) >= 11 is 0. The number of aromatic amines is 1. The average Bonchev–Trinajstić information content (AvgIpc) is 2.96. The normalized spacial score (nSPS) is 11.7. The molecular weight excluding hydrogens is 256 g/mol. The van der Waals surface area contributed by atoms with Gasteiger partial charge < -0.3 is 15.0 Å². The van der Waals surface area contributed by atoms with Crippen LogP contribution in [0.5, 0.6) is 5.75 Å². The summed E-state index contributed by atoms with van der Waals surface area (Å²) in [5, 5.41) is 2.86. The summed E-state index contributed by atoms with van der Waals surface area (Å²) in [5.41, 5.74) is 1.72. The summed E-state index contributed by atoms with van der Waals surface area (Å²) < 4.78 is 5.09. The zero-order chi connectivity index (χ0) is 14.5. The Labute approximate surface area is 117 Å². The molecule has 20 heavy (non-hydrogen) atoms. The summed E-state index contributed by atoms with van der Waals surface area (Å²) in [5.74, 6) is 0.522. The first kappa shape index (κ1) is 13.9. The number of amides is 1. The zero-order valence-corrected chi connectivity index (χ0v) is 11.3. The van der Waals surface area contributed by atoms with Crippen molar-refractivity contribution in [3.05, 3.63) is 53.3 Å². The summed E-state index contributed by atoms with van der Waals surface area (Å²) in [6.45, 7) is 1.89. The van der Waals surface area contributed by atoms with E-state index in [9.17, 15) is 9.59 Å². The van der Waals surface area contributed by atoms with Gasteiger partial charge in [-0.1, -0.05) is 12.1 Å². The predicted molar refractivity (Wildman–Crippen MR) is 75.1 cm³/mol. The van der Waals surface area contributed by atoms with Gasteiger partial charge in [-0.3, -0.25) is 9.59 Å². The van der Waals surface area contributed by atoms with Crippen molar-refractivity contribution in [1.29, 1.82) is 0 Å². The average molecular weight is 272 g/mol. The maximum absolute atomic E-state index is 12.0. The van der Waals surface area contributed by atoms with Gasteiger partial charge in [0.25, 0.3) is 5.91 Å². The number of aromatic nitrogens is 1. The number of H-pyrrole nitrogens is 1. The Morgan fingerprint density at radius 1 is 1.25 bits per heavy atom. The lowest BCUT2D eigenvalue weighted by atomic mass is 10.1. The van der Waals surface area contributed by atoms with Gasteiger partial charge >= 0.3 is 0 Å². The quantitative estimate of drug-likeness (QED) is 0.821. The molecule has 0 aliphatic rings. The SMILES string of the molecule is COc1ccc(C(C)NC(=O)c2ccc(C=O)[nH]2)cc1. The molecule has 1 unspecified atom stereocenters. The minimum atomic E-state index is -0.249. The van der Waals surface area contributed by atoms with Gasteiger partial charge in [0.2, 0.25) is 0 Å². The molecule has 2 aromatic rings. The van der Waals surface area contributed by atoms with Crippen molar-refractivity contribution in [3.63, 3.8) is 0 Å². The predicted octanol–water partition coefficient (Wildman–Crippen LogP) is 2.33. The van der Waals surface area contributed by atoms with E-state index in [1.54, 1.807) is 19.2 Å². The smallest absolute Gasteiger partial charge is 0.268 e. The summed E-state index contributed by atoms with van der Waals surface area (Å²) in [6, 6.07) is 10.5. The first-order chi connectivity index (χ1) is 9.63. The summed E-state index contributed by atoms with van der Waals surface area (Å²) in [6.07, 6.45) is 0.670. The molecule has 2 N–H and O–H groups in total. The van der Waals surface area contributed by atoms with Gasteiger partial charge in [-0.25, -0.2) is 0 Å². The van der Waals surface area contributed by atoms with Crippen LogP contribution in [0.25, 0.3) is 0 Å². The van der Waals surface area contributed by atoms with Crippen molar-refractivity contribution in [3.8, 4) is 5.75 Å². The minimum Gasteiger partial charge on any atom is -0.497 e. The van der Waals surface area contributed by atoms with E-state index < -0.39 is 0 Å². The fourth-order valence-electron chi connectivity index (χ4n) is 1.86. The van der Waals surface area contributed by atoms with E-state index in [2.05, 4.69) is 10.3 Å². The number of ether oxygens (including phenoxy) is 1. The molecule has 104 valence electrons. The van der Waals surface area contributed by atoms with Crippen LogP contribution in [0.4, 0.5) is 0 Å². The Morgan fingerprint density at radius 2 is 1.95 bits per heavy atom. The molecule has 0 bridgehead atoms. The van der Waals surface area contributed by atoms with Crippen LogP contribution in [0.2, 0.25) is 0 Å². The molecular formula is C15H16N2O3. The lowest BCUT2D eigenvalue weighted by Gasteiger charge is -2.14. The van der Waals surface area contributed by atoms with E-state index in [4.69, 9.17) is 4.74 Å². The van der Waals surface area contributed by atoms with Gasteiger partial charge in [0.15, 0.2) is 6.29 Å². The Morgan fingerprint density at radius 3 is 2.50 bits per heavy atom. The van der Waals surface area contributed by atoms with Crippen LogP contribution in [-0.4, -0.2) is 24.3 Å². The Balaban J connectivity index is 2.04. The highest BCUT2D eigenvalue weighted by atomic mass is 16.5. The number of benzene rings is 1. The van der Waals surface area contributed by atoms with E-state index in [0.717, 1.165) is 11.3 Å². The highest BCUT2D eigenvalue weighted by molar-refractivity contribution is 5.93. The third-order valence-corrected chi connectivity index (χ3v) is 3.04. The Bertz CT molecular complexity index is 602. The van der Waals surface area contributed by atoms with Crippen LogP contribution in [0.3, 0.4) is 0 Å². The lowest BCUT2D eigenvalue weighted by Crippen LogP contribution is -2.26. The number of aldehydes is 1. The maximum atomic E-state index is 12.0. The molecule has 0 radical (unpaired) electrons. The van der Waals surface area contributed by atoms with Crippen molar-refractivity contribution >= 4 is 12.2 Å². The number of hydrogen-bond acceptors (Lipinski definition) is 3. The Kier molecular flexibility index (Phi) is 4.20. The van der Waals surface area contributed by atoms with Gasteiger partial charge in [-0.2, -0.15) is 0 Å². The minimum absolute atomic E-state index is 0.142. The van der Waals surface area contributed by atoms with Crippen LogP contribution < -0.4 is 10.1 Å². The molecule has 5 heteroatoms. The van der Waals surface area contributed by atoms with E-state index >= 15 is 0 Å². The number of nitrogens with one attached hydrogen (secondary N) is 2. The van der Waals surface area contributed by atoms with Crippen molar-refractivity contribution in [2.75, 3.05) is 7.11 Å². The summed E-state index contributed by atoms with van der Waals surface area (Å²) in [7, 11) is 1.61. The number of carbonyl (C=O) groups excluding carboxylic acids is 2. The molecule has 1 atom stereocenters. The zero-order valence-electron chi connectivity index (χ0n) is 11.3. The molecule has 0 spiro atoms. The maximum Gasteiger partial charge on any atom is 0.268 e. The van der Waals surface area contributed by atoms with Gasteiger partial charge in [-0.15, -0.1) is 0 Å². The number of carbonyl (C=O) groups is 2. The van der Waals surface area contributed by atoms with Gasteiger partial charge in [0, 0.05) is 0 Å². The second-order valence-electron chi connectivity index (χ2n) is 4.41. The first-order valence-electron chi connectivity index (χ1n) is 6.23. The molecule has 5 nitrogen and oxygen atoms in total. The second-order valence-corrected chi connectivity index (χ2v) is 4.41. The largest absolute Gasteiger partial charge is 0.497 e. The highest BCUT2D eigenvalue weighted by Gasteiger charge is 2.13. The number of methoxy groups -OCH3 is 1. The Hall–Kier alpha value is -2.56. The van der Waals surface area contributed by atoms with E-state index in [0.29, 0.717) is 17.7 Å². The van der Waals surface area contributed by atoms with E-state index in [1.807, 2.05) is 31.2 Å². The summed E-state index contributed by atoms with van der Waals surface area (Å²) in [4.78, 5) is 25.3. The lowest BCUT2D eigenvalue weighted by molar-refractivity contribution is 0.0935. The van der Waals surface area contributed by atoms with Crippen LogP contribution in [-0.2, 0) is 0 Å². The van der Waals surface area contributed by atoms with Gasteiger partial charge in [0.05, 0.1) is 18.8 Å². The molecule has 0 fully saturated rings. The fourth-order valence-corrected chi connectivity index (χ4v) is 1.86. The molecule has 1 aromatic carbocycles. The molecule has 0 aliphatic carbocycles. The highest BCUT2D eigenvalue weighted by Crippen LogP contribution is 2.17. The van der Waals surface area contributed by atoms with Gasteiger partial charge in [-0.05, 0) is 36.8 Å². The third kappa shape index (κ3) is 3.06. The van der Waals surface area contributed by atoms with Crippen LogP contribution in [0.15, 0.2) is 36.4 Å². The third-order valence-electron chi connectivity index (χ3n) is 3.04. The molecule has 2 rings (SSSR count). The molecule has 0 aliphatic heterocycles. The topological polar surface area (TPSA) is 71.2 Å². The molecule has 1 heterocycles. The van der Waals surface area contributed by atoms with Crippen molar-refractivity contribution in [2.24, 2.45) is 0 Å². The van der Waals surface area contributed by atoms with Crippen molar-refractivity contribution < 1.29 is 14.3 Å². The van der Waals surface area contributed by atoms with Crippen molar-refractivity contribution in [1.82, 2.24) is 10.3 Å². The van der Waals surface area contributed by atoms with Crippen molar-refractivity contribution in [2.45, 2.75) is 13.0 Å². The molecule has 0 saturated carbocycles. The monoisotopic (exact) mass is 272 g/mol. The first-order valence-corrected chi connectivity index (χ1v) is 6.23. The van der Waals surface area contributed by atoms with Crippen LogP contribution in [0.1, 0.15) is 39.5 Å². The fraction of sp³-hybridized carbons (Fsp3) is 0.200. The van der Waals surface area contributed by atoms with E-state index in [1.165, 1.54) is 0 Å². The molecule has 1 aromatic heterocycles.